The lowest BCUT2D eigenvalue weighted by Gasteiger charge is -2.09. The van der Waals surface area contributed by atoms with Crippen LogP contribution in [-0.2, 0) is 0 Å². The van der Waals surface area contributed by atoms with Crippen LogP contribution >= 0.6 is 23.2 Å². The highest BCUT2D eigenvalue weighted by molar-refractivity contribution is 6.37. The predicted octanol–water partition coefficient (Wildman–Crippen LogP) is 4.13. The van der Waals surface area contributed by atoms with E-state index < -0.39 is 0 Å². The molecule has 1 N–H and O–H groups in total. The Balaban J connectivity index is 2.26. The van der Waals surface area contributed by atoms with Crippen molar-refractivity contribution in [3.05, 3.63) is 57.6 Å². The number of carbonyl (C=O) groups excluding carboxylic acids is 1. The number of methoxy groups -OCH3 is 1. The van der Waals surface area contributed by atoms with Crippen LogP contribution in [0, 0.1) is 11.3 Å². The smallest absolute Gasteiger partial charge is 0.255 e. The van der Waals surface area contributed by atoms with Crippen LogP contribution in [0.15, 0.2) is 36.4 Å². The molecule has 0 radical (unpaired) electrons. The second kappa shape index (κ2) is 6.49. The van der Waals surface area contributed by atoms with Crippen LogP contribution in [0.25, 0.3) is 0 Å². The third kappa shape index (κ3) is 3.46. The zero-order valence-corrected chi connectivity index (χ0v) is 12.5. The molecule has 0 aliphatic heterocycles. The van der Waals surface area contributed by atoms with Crippen LogP contribution in [0.5, 0.6) is 5.75 Å². The highest BCUT2D eigenvalue weighted by atomic mass is 35.5. The molecule has 21 heavy (non-hydrogen) atoms. The lowest BCUT2D eigenvalue weighted by Crippen LogP contribution is -2.12. The molecule has 0 unspecified atom stereocenters. The van der Waals surface area contributed by atoms with Gasteiger partial charge in [0.2, 0.25) is 0 Å². The summed E-state index contributed by atoms with van der Waals surface area (Å²) >= 11 is 12.0. The Hall–Kier alpha value is -2.22. The summed E-state index contributed by atoms with van der Waals surface area (Å²) < 4.78 is 5.03. The average Bonchev–Trinajstić information content (AvgIpc) is 2.47. The van der Waals surface area contributed by atoms with Crippen LogP contribution in [0.2, 0.25) is 10.0 Å². The Morgan fingerprint density at radius 3 is 2.48 bits per heavy atom. The van der Waals surface area contributed by atoms with E-state index in [0.717, 1.165) is 0 Å². The number of anilines is 1. The van der Waals surface area contributed by atoms with Gasteiger partial charge in [-0.25, -0.2) is 0 Å². The molecule has 0 atom stereocenters. The largest absolute Gasteiger partial charge is 0.494 e. The first-order chi connectivity index (χ1) is 10.0. The van der Waals surface area contributed by atoms with E-state index in [9.17, 15) is 4.79 Å². The summed E-state index contributed by atoms with van der Waals surface area (Å²) in [5.74, 6) is -0.0575. The number of ether oxygens (including phenoxy) is 1. The van der Waals surface area contributed by atoms with Gasteiger partial charge in [0, 0.05) is 11.3 Å². The molecule has 0 aliphatic rings. The summed E-state index contributed by atoms with van der Waals surface area (Å²) in [5.41, 5.74) is 1.27. The van der Waals surface area contributed by atoms with Gasteiger partial charge in [0.05, 0.1) is 28.8 Å². The maximum Gasteiger partial charge on any atom is 0.255 e. The van der Waals surface area contributed by atoms with Gasteiger partial charge in [-0.3, -0.25) is 4.79 Å². The van der Waals surface area contributed by atoms with Crippen molar-refractivity contribution >= 4 is 34.8 Å². The molecular weight excluding hydrogens is 311 g/mol. The number of halogens is 2. The SMILES string of the molecule is COc1c(Cl)cc(C(=O)Nc2cccc(C#N)c2)cc1Cl. The first-order valence-corrected chi connectivity index (χ1v) is 6.65. The number of nitrogens with zero attached hydrogens (tertiary/aromatic N) is 1. The minimum atomic E-state index is -0.378. The molecule has 0 saturated heterocycles. The molecule has 0 spiro atoms. The van der Waals surface area contributed by atoms with Crippen molar-refractivity contribution in [1.29, 1.82) is 5.26 Å². The Morgan fingerprint density at radius 2 is 1.90 bits per heavy atom. The minimum absolute atomic E-state index is 0.251. The molecular formula is C15H10Cl2N2O2. The normalized spacial score (nSPS) is 9.81. The molecule has 0 fully saturated rings. The van der Waals surface area contributed by atoms with Crippen molar-refractivity contribution in [1.82, 2.24) is 0 Å². The Kier molecular flexibility index (Phi) is 4.69. The van der Waals surface area contributed by atoms with E-state index in [-0.39, 0.29) is 16.0 Å². The van der Waals surface area contributed by atoms with E-state index in [1.165, 1.54) is 19.2 Å². The first kappa shape index (κ1) is 15.2. The monoisotopic (exact) mass is 320 g/mol. The standard InChI is InChI=1S/C15H10Cl2N2O2/c1-21-14-12(16)6-10(7-13(14)17)15(20)19-11-4-2-3-9(5-11)8-18/h2-7H,1H3,(H,19,20). The molecule has 0 bridgehead atoms. The van der Waals surface area contributed by atoms with Crippen LogP contribution in [-0.4, -0.2) is 13.0 Å². The molecule has 0 heterocycles. The summed E-state index contributed by atoms with van der Waals surface area (Å²) in [6.45, 7) is 0. The molecule has 6 heteroatoms. The summed E-state index contributed by atoms with van der Waals surface area (Å²) in [5, 5.41) is 12.0. The van der Waals surface area contributed by atoms with E-state index in [1.807, 2.05) is 6.07 Å². The van der Waals surface area contributed by atoms with E-state index in [0.29, 0.717) is 22.6 Å². The van der Waals surface area contributed by atoms with Crippen molar-refractivity contribution in [2.45, 2.75) is 0 Å². The number of hydrogen-bond acceptors (Lipinski definition) is 3. The molecule has 0 saturated carbocycles. The molecule has 2 rings (SSSR count). The van der Waals surface area contributed by atoms with Gasteiger partial charge < -0.3 is 10.1 Å². The number of benzene rings is 2. The van der Waals surface area contributed by atoms with Gasteiger partial charge in [-0.05, 0) is 30.3 Å². The van der Waals surface area contributed by atoms with E-state index in [4.69, 9.17) is 33.2 Å². The Bertz CT molecular complexity index is 716. The van der Waals surface area contributed by atoms with Crippen LogP contribution < -0.4 is 10.1 Å². The van der Waals surface area contributed by atoms with Gasteiger partial charge >= 0.3 is 0 Å². The zero-order chi connectivity index (χ0) is 15.4. The van der Waals surface area contributed by atoms with E-state index in [1.54, 1.807) is 24.3 Å². The molecule has 0 aromatic heterocycles. The number of nitriles is 1. The molecule has 106 valence electrons. The van der Waals surface area contributed by atoms with Crippen LogP contribution in [0.3, 0.4) is 0 Å². The third-order valence-electron chi connectivity index (χ3n) is 2.71. The number of carbonyl (C=O) groups is 1. The van der Waals surface area contributed by atoms with Crippen molar-refractivity contribution < 1.29 is 9.53 Å². The molecule has 0 aliphatic carbocycles. The quantitative estimate of drug-likeness (QED) is 0.925. The number of hydrogen-bond donors (Lipinski definition) is 1. The van der Waals surface area contributed by atoms with Crippen molar-refractivity contribution in [3.8, 4) is 11.8 Å². The maximum atomic E-state index is 12.2. The second-order valence-electron chi connectivity index (χ2n) is 4.12. The van der Waals surface area contributed by atoms with Gasteiger partial charge in [-0.2, -0.15) is 5.26 Å². The van der Waals surface area contributed by atoms with E-state index in [2.05, 4.69) is 5.32 Å². The van der Waals surface area contributed by atoms with Gasteiger partial charge in [0.25, 0.3) is 5.91 Å². The summed E-state index contributed by atoms with van der Waals surface area (Å²) in [6, 6.07) is 11.5. The van der Waals surface area contributed by atoms with Crippen molar-refractivity contribution in [2.75, 3.05) is 12.4 Å². The highest BCUT2D eigenvalue weighted by Gasteiger charge is 2.13. The fourth-order valence-corrected chi connectivity index (χ4v) is 2.40. The fourth-order valence-electron chi connectivity index (χ4n) is 1.76. The summed E-state index contributed by atoms with van der Waals surface area (Å²) in [6.07, 6.45) is 0. The predicted molar refractivity (Wildman–Crippen MR) is 82.1 cm³/mol. The van der Waals surface area contributed by atoms with Crippen LogP contribution in [0.1, 0.15) is 15.9 Å². The summed E-state index contributed by atoms with van der Waals surface area (Å²) in [7, 11) is 1.44. The number of amides is 1. The average molecular weight is 321 g/mol. The van der Waals surface area contributed by atoms with Gasteiger partial charge in [0.15, 0.2) is 5.75 Å². The highest BCUT2D eigenvalue weighted by Crippen LogP contribution is 2.34. The fraction of sp³-hybridized carbons (Fsp3) is 0.0667. The van der Waals surface area contributed by atoms with Gasteiger partial charge in [-0.15, -0.1) is 0 Å². The molecule has 4 nitrogen and oxygen atoms in total. The Morgan fingerprint density at radius 1 is 1.24 bits per heavy atom. The maximum absolute atomic E-state index is 12.2. The van der Waals surface area contributed by atoms with Crippen LogP contribution in [0.4, 0.5) is 5.69 Å². The van der Waals surface area contributed by atoms with Crippen molar-refractivity contribution in [2.24, 2.45) is 0 Å². The minimum Gasteiger partial charge on any atom is -0.494 e. The lowest BCUT2D eigenvalue weighted by atomic mass is 10.1. The van der Waals surface area contributed by atoms with E-state index >= 15 is 0 Å². The molecule has 2 aromatic rings. The second-order valence-corrected chi connectivity index (χ2v) is 4.93. The lowest BCUT2D eigenvalue weighted by molar-refractivity contribution is 0.102. The zero-order valence-electron chi connectivity index (χ0n) is 11.0. The molecule has 1 amide bonds. The number of rotatable bonds is 3. The van der Waals surface area contributed by atoms with Gasteiger partial charge in [0.1, 0.15) is 0 Å². The number of nitrogens with one attached hydrogen (secondary N) is 1. The Labute approximate surface area is 131 Å². The first-order valence-electron chi connectivity index (χ1n) is 5.89. The van der Waals surface area contributed by atoms with Crippen molar-refractivity contribution in [3.63, 3.8) is 0 Å². The topological polar surface area (TPSA) is 62.1 Å². The molecule has 2 aromatic carbocycles. The third-order valence-corrected chi connectivity index (χ3v) is 3.28. The van der Waals surface area contributed by atoms with Gasteiger partial charge in [-0.1, -0.05) is 29.3 Å². The summed E-state index contributed by atoms with van der Waals surface area (Å²) in [4.78, 5) is 12.2.